The lowest BCUT2D eigenvalue weighted by Crippen LogP contribution is -2.46. The summed E-state index contributed by atoms with van der Waals surface area (Å²) in [6, 6.07) is 24.4. The molecule has 0 saturated carbocycles. The molecule has 3 aromatic carbocycles. The summed E-state index contributed by atoms with van der Waals surface area (Å²) in [5, 5.41) is 25.6. The Hall–Kier alpha value is -5.93. The minimum atomic E-state index is -1.11. The lowest BCUT2D eigenvalue weighted by atomic mass is 9.97. The molecule has 48 heavy (non-hydrogen) atoms. The molecule has 3 amide bonds. The van der Waals surface area contributed by atoms with Gasteiger partial charge in [0.2, 0.25) is 5.91 Å². The van der Waals surface area contributed by atoms with Crippen LogP contribution < -0.4 is 20.1 Å². The quantitative estimate of drug-likeness (QED) is 0.143. The minimum absolute atomic E-state index is 0.00725. The molecule has 0 aliphatic carbocycles. The third-order valence-electron chi connectivity index (χ3n) is 7.26. The van der Waals surface area contributed by atoms with Crippen LogP contribution in [0.4, 0.5) is 16.3 Å². The third-order valence-corrected chi connectivity index (χ3v) is 7.26. The van der Waals surface area contributed by atoms with Gasteiger partial charge in [0, 0.05) is 42.4 Å². The van der Waals surface area contributed by atoms with E-state index in [2.05, 4.69) is 16.7 Å². The Bertz CT molecular complexity index is 1830. The zero-order valence-electron chi connectivity index (χ0n) is 27.4. The third kappa shape index (κ3) is 8.45. The topological polar surface area (TPSA) is 163 Å². The van der Waals surface area contributed by atoms with Gasteiger partial charge in [0.25, 0.3) is 5.91 Å². The Morgan fingerprint density at radius 3 is 2.29 bits per heavy atom. The number of hydrogen-bond donors (Lipinski definition) is 3. The fourth-order valence-electron chi connectivity index (χ4n) is 4.97. The molecule has 0 aliphatic rings. The Morgan fingerprint density at radius 2 is 1.65 bits per heavy atom. The molecular weight excluding hydrogens is 614 g/mol. The number of methoxy groups -OCH3 is 2. The molecule has 12 heteroatoms. The van der Waals surface area contributed by atoms with Gasteiger partial charge >= 0.3 is 6.09 Å². The number of carbonyl (C=O) groups is 3. The lowest BCUT2D eigenvalue weighted by Gasteiger charge is -2.32. The maximum atomic E-state index is 13.3. The van der Waals surface area contributed by atoms with Crippen LogP contribution in [0.5, 0.6) is 11.5 Å². The van der Waals surface area contributed by atoms with Gasteiger partial charge < -0.3 is 34.9 Å². The van der Waals surface area contributed by atoms with Gasteiger partial charge in [-0.15, -0.1) is 0 Å². The van der Waals surface area contributed by atoms with Crippen molar-refractivity contribution in [3.63, 3.8) is 0 Å². The van der Waals surface area contributed by atoms with Crippen molar-refractivity contribution in [2.24, 2.45) is 0 Å². The number of carbonyl (C=O) groups excluding carboxylic acids is 2. The van der Waals surface area contributed by atoms with Gasteiger partial charge in [0.1, 0.15) is 23.1 Å². The fourth-order valence-corrected chi connectivity index (χ4v) is 4.97. The van der Waals surface area contributed by atoms with Gasteiger partial charge in [0.05, 0.1) is 18.4 Å². The number of amides is 3. The summed E-state index contributed by atoms with van der Waals surface area (Å²) >= 11 is 0. The molecule has 0 saturated heterocycles. The number of nitrogens with zero attached hydrogens (tertiary/aromatic N) is 3. The highest BCUT2D eigenvalue weighted by atomic mass is 16.7. The maximum absolute atomic E-state index is 13.3. The van der Waals surface area contributed by atoms with Gasteiger partial charge in [-0.2, -0.15) is 5.26 Å². The van der Waals surface area contributed by atoms with Gasteiger partial charge in [-0.1, -0.05) is 36.4 Å². The van der Waals surface area contributed by atoms with Crippen molar-refractivity contribution in [2.45, 2.75) is 32.7 Å². The van der Waals surface area contributed by atoms with Gasteiger partial charge in [-0.05, 0) is 68.8 Å². The highest BCUT2D eigenvalue weighted by molar-refractivity contribution is 6.05. The summed E-state index contributed by atoms with van der Waals surface area (Å²) in [5.41, 5.74) is 1.95. The molecule has 12 nitrogen and oxygen atoms in total. The van der Waals surface area contributed by atoms with Crippen LogP contribution in [0.25, 0.3) is 22.4 Å². The highest BCUT2D eigenvalue weighted by Crippen LogP contribution is 2.41. The van der Waals surface area contributed by atoms with Crippen LogP contribution in [0, 0.1) is 11.3 Å². The van der Waals surface area contributed by atoms with Crippen LogP contribution in [0.3, 0.4) is 0 Å². The lowest BCUT2D eigenvalue weighted by molar-refractivity contribution is -0.116. The zero-order valence-corrected chi connectivity index (χ0v) is 27.4. The second-order valence-corrected chi connectivity index (χ2v) is 11.6. The number of ether oxygens (including phenoxy) is 3. The largest absolute Gasteiger partial charge is 0.496 e. The summed E-state index contributed by atoms with van der Waals surface area (Å²) in [4.78, 5) is 43.8. The predicted octanol–water partition coefficient (Wildman–Crippen LogP) is 6.64. The summed E-state index contributed by atoms with van der Waals surface area (Å²) < 4.78 is 16.6. The molecular formula is C36H37N5O7. The molecule has 0 radical (unpaired) electrons. The van der Waals surface area contributed by atoms with Crippen molar-refractivity contribution < 1.29 is 33.7 Å². The van der Waals surface area contributed by atoms with Crippen molar-refractivity contribution in [3.05, 3.63) is 90.0 Å². The standard InChI is InChI=1S/C36H37N5O7/c1-36(2,3)41(35(44)45)18-17-31(42)38-25-14-9-13-24(19-25)26-20-28(32-29(47-5)15-10-16-30(32)48-22-46-4)39-33(27(26)21-37)40-34(43)23-11-7-6-8-12-23/h6-16,19-20H,17-18,22H2,1-5H3,(H,38,42)(H,44,45)(H,39,40,43). The Labute approximate surface area is 278 Å². The van der Waals surface area contributed by atoms with Crippen molar-refractivity contribution >= 4 is 29.4 Å². The number of carboxylic acid groups (broad SMARTS) is 1. The van der Waals surface area contributed by atoms with Crippen LogP contribution in [0.15, 0.2) is 78.9 Å². The monoisotopic (exact) mass is 651 g/mol. The van der Waals surface area contributed by atoms with Crippen LogP contribution in [0.1, 0.15) is 43.1 Å². The predicted molar refractivity (Wildman–Crippen MR) is 181 cm³/mol. The van der Waals surface area contributed by atoms with Gasteiger partial charge in [-0.3, -0.25) is 9.59 Å². The molecule has 4 rings (SSSR count). The Balaban J connectivity index is 1.80. The van der Waals surface area contributed by atoms with Crippen molar-refractivity contribution in [3.8, 4) is 40.0 Å². The molecule has 4 aromatic rings. The highest BCUT2D eigenvalue weighted by Gasteiger charge is 2.26. The molecule has 248 valence electrons. The number of nitriles is 1. The minimum Gasteiger partial charge on any atom is -0.496 e. The number of aromatic nitrogens is 1. The number of pyridine rings is 1. The molecule has 0 bridgehead atoms. The van der Waals surface area contributed by atoms with Crippen LogP contribution in [-0.2, 0) is 9.53 Å². The van der Waals surface area contributed by atoms with E-state index in [9.17, 15) is 24.8 Å². The second-order valence-electron chi connectivity index (χ2n) is 11.6. The Kier molecular flexibility index (Phi) is 11.3. The summed E-state index contributed by atoms with van der Waals surface area (Å²) in [7, 11) is 3.00. The molecule has 0 atom stereocenters. The summed E-state index contributed by atoms with van der Waals surface area (Å²) in [5.74, 6) is -0.0217. The van der Waals surface area contributed by atoms with E-state index in [4.69, 9.17) is 19.2 Å². The number of nitrogens with one attached hydrogen (secondary N) is 2. The summed E-state index contributed by atoms with van der Waals surface area (Å²) in [6.07, 6.45) is -1.18. The molecule has 0 spiro atoms. The molecule has 3 N–H and O–H groups in total. The van der Waals surface area contributed by atoms with E-state index < -0.39 is 17.5 Å². The van der Waals surface area contributed by atoms with E-state index in [0.717, 1.165) is 0 Å². The first-order valence-corrected chi connectivity index (χ1v) is 15.0. The average molecular weight is 652 g/mol. The molecule has 1 aromatic heterocycles. The second kappa shape index (κ2) is 15.6. The molecule has 0 aliphatic heterocycles. The Morgan fingerprint density at radius 1 is 0.938 bits per heavy atom. The molecule has 0 unspecified atom stereocenters. The smallest absolute Gasteiger partial charge is 0.407 e. The van der Waals surface area contributed by atoms with E-state index in [0.29, 0.717) is 45.1 Å². The number of rotatable bonds is 12. The fraction of sp³-hybridized carbons (Fsp3) is 0.250. The summed E-state index contributed by atoms with van der Waals surface area (Å²) in [6.45, 7) is 5.22. The van der Waals surface area contributed by atoms with Crippen LogP contribution in [0.2, 0.25) is 0 Å². The van der Waals surface area contributed by atoms with Crippen LogP contribution >= 0.6 is 0 Å². The molecule has 1 heterocycles. The first-order chi connectivity index (χ1) is 23.0. The van der Waals surface area contributed by atoms with Crippen molar-refractivity contribution in [2.75, 3.05) is 38.2 Å². The maximum Gasteiger partial charge on any atom is 0.407 e. The van der Waals surface area contributed by atoms with Crippen molar-refractivity contribution in [1.82, 2.24) is 9.88 Å². The van der Waals surface area contributed by atoms with Crippen molar-refractivity contribution in [1.29, 1.82) is 5.26 Å². The van der Waals surface area contributed by atoms with E-state index >= 15 is 0 Å². The average Bonchev–Trinajstić information content (AvgIpc) is 3.06. The van der Waals surface area contributed by atoms with E-state index in [1.54, 1.807) is 99.6 Å². The number of anilines is 2. The van der Waals surface area contributed by atoms with Crippen LogP contribution in [-0.4, -0.2) is 66.0 Å². The normalized spacial score (nSPS) is 10.8. The first-order valence-electron chi connectivity index (χ1n) is 15.0. The molecule has 0 fully saturated rings. The number of hydrogen-bond acceptors (Lipinski definition) is 8. The van der Waals surface area contributed by atoms with E-state index in [1.165, 1.54) is 19.1 Å². The SMILES string of the molecule is COCOc1cccc(OC)c1-c1cc(-c2cccc(NC(=O)CCN(C(=O)O)C(C)(C)C)c2)c(C#N)c(NC(=O)c2ccccc2)n1. The number of benzene rings is 3. The first kappa shape index (κ1) is 34.9. The zero-order chi connectivity index (χ0) is 34.8. The van der Waals surface area contributed by atoms with Gasteiger partial charge in [0.15, 0.2) is 12.6 Å². The van der Waals surface area contributed by atoms with Gasteiger partial charge in [-0.25, -0.2) is 9.78 Å². The van der Waals surface area contributed by atoms with E-state index in [-0.39, 0.29) is 37.0 Å². The van der Waals surface area contributed by atoms with E-state index in [1.807, 2.05) is 0 Å².